The second-order valence-electron chi connectivity index (χ2n) is 6.91. The maximum Gasteiger partial charge on any atom is 0.236 e. The van der Waals surface area contributed by atoms with Gasteiger partial charge in [-0.1, -0.05) is 30.0 Å². The Hall–Kier alpha value is -3.76. The molecule has 0 aliphatic rings. The molecule has 8 nitrogen and oxygen atoms in total. The third-order valence-electron chi connectivity index (χ3n) is 4.81. The van der Waals surface area contributed by atoms with Crippen molar-refractivity contribution in [2.75, 3.05) is 18.2 Å². The number of para-hydroxylation sites is 1. The van der Waals surface area contributed by atoms with Crippen LogP contribution in [0.25, 0.3) is 28.0 Å². The number of amides is 1. The van der Waals surface area contributed by atoms with Gasteiger partial charge in [0.1, 0.15) is 17.1 Å². The fourth-order valence-electron chi connectivity index (χ4n) is 3.21. The molecular formula is C23H18N6O2S2. The molecule has 0 radical (unpaired) electrons. The highest BCUT2D eigenvalue weighted by Gasteiger charge is 2.14. The zero-order valence-electron chi connectivity index (χ0n) is 17.5. The molecule has 1 N–H and O–H groups in total. The van der Waals surface area contributed by atoms with Gasteiger partial charge in [-0.15, -0.1) is 11.3 Å². The number of benzene rings is 2. The molecule has 3 aromatic heterocycles. The number of fused-ring (bicyclic) bond motifs is 1. The number of ether oxygens (including phenoxy) is 1. The Bertz CT molecular complexity index is 1400. The van der Waals surface area contributed by atoms with Gasteiger partial charge in [-0.05, 0) is 36.4 Å². The van der Waals surface area contributed by atoms with Crippen molar-refractivity contribution < 1.29 is 9.53 Å². The summed E-state index contributed by atoms with van der Waals surface area (Å²) in [5.74, 6) is 0.825. The summed E-state index contributed by atoms with van der Waals surface area (Å²) in [5, 5.41) is 11.3. The second-order valence-corrected chi connectivity index (χ2v) is 8.73. The zero-order chi connectivity index (χ0) is 22.6. The van der Waals surface area contributed by atoms with E-state index < -0.39 is 0 Å². The van der Waals surface area contributed by atoms with E-state index in [1.165, 1.54) is 29.4 Å². The highest BCUT2D eigenvalue weighted by Crippen LogP contribution is 2.28. The van der Waals surface area contributed by atoms with E-state index in [1.807, 2.05) is 60.0 Å². The number of hydrogen-bond acceptors (Lipinski definition) is 8. The summed E-state index contributed by atoms with van der Waals surface area (Å²) in [7, 11) is 1.63. The van der Waals surface area contributed by atoms with Gasteiger partial charge in [0.2, 0.25) is 5.91 Å². The SMILES string of the molecule is COc1ccc(-c2csc(NC(=O)CSc3ncnc4c3cnn4-c3ccccc3)n2)cc1. The van der Waals surface area contributed by atoms with E-state index in [0.717, 1.165) is 28.1 Å². The van der Waals surface area contributed by atoms with Gasteiger partial charge in [0, 0.05) is 10.9 Å². The first-order valence-electron chi connectivity index (χ1n) is 9.98. The standard InChI is InChI=1S/C23H18N6O2S2/c1-31-17-9-7-15(8-10-17)19-12-33-23(27-19)28-20(30)13-32-22-18-11-26-29(21(18)24-14-25-22)16-5-3-2-4-6-16/h2-12,14H,13H2,1H3,(H,27,28,30). The summed E-state index contributed by atoms with van der Waals surface area (Å²) in [6, 6.07) is 17.4. The highest BCUT2D eigenvalue weighted by molar-refractivity contribution is 8.00. The number of anilines is 1. The number of thiazole rings is 1. The highest BCUT2D eigenvalue weighted by atomic mass is 32.2. The van der Waals surface area contributed by atoms with Crippen molar-refractivity contribution >= 4 is 45.2 Å². The molecule has 3 heterocycles. The van der Waals surface area contributed by atoms with Crippen LogP contribution in [0.1, 0.15) is 0 Å². The Kier molecular flexibility index (Phi) is 6.01. The van der Waals surface area contributed by atoms with Crippen LogP contribution in [-0.2, 0) is 4.79 Å². The molecule has 0 unspecified atom stereocenters. The molecular weight excluding hydrogens is 456 g/mol. The minimum absolute atomic E-state index is 0.155. The van der Waals surface area contributed by atoms with Crippen LogP contribution >= 0.6 is 23.1 Å². The van der Waals surface area contributed by atoms with Crippen molar-refractivity contribution in [3.63, 3.8) is 0 Å². The van der Waals surface area contributed by atoms with Crippen LogP contribution in [0.2, 0.25) is 0 Å². The van der Waals surface area contributed by atoms with E-state index in [1.54, 1.807) is 18.0 Å². The van der Waals surface area contributed by atoms with Gasteiger partial charge >= 0.3 is 0 Å². The van der Waals surface area contributed by atoms with E-state index in [0.29, 0.717) is 15.8 Å². The zero-order valence-corrected chi connectivity index (χ0v) is 19.1. The Labute approximate surface area is 197 Å². The van der Waals surface area contributed by atoms with E-state index in [9.17, 15) is 4.79 Å². The largest absolute Gasteiger partial charge is 0.497 e. The summed E-state index contributed by atoms with van der Waals surface area (Å²) in [4.78, 5) is 25.8. The van der Waals surface area contributed by atoms with Gasteiger partial charge in [-0.2, -0.15) is 5.10 Å². The lowest BCUT2D eigenvalue weighted by Crippen LogP contribution is -2.14. The average Bonchev–Trinajstić information content (AvgIpc) is 3.51. The molecule has 5 rings (SSSR count). The fraction of sp³-hybridized carbons (Fsp3) is 0.0870. The van der Waals surface area contributed by atoms with Crippen LogP contribution in [0, 0.1) is 0 Å². The van der Waals surface area contributed by atoms with Gasteiger partial charge in [0.15, 0.2) is 10.8 Å². The minimum atomic E-state index is -0.155. The van der Waals surface area contributed by atoms with Gasteiger partial charge in [-0.25, -0.2) is 19.6 Å². The third-order valence-corrected chi connectivity index (χ3v) is 6.57. The maximum atomic E-state index is 12.5. The molecule has 0 bridgehead atoms. The van der Waals surface area contributed by atoms with Gasteiger partial charge in [0.25, 0.3) is 0 Å². The molecule has 0 fully saturated rings. The molecule has 0 saturated heterocycles. The molecule has 1 amide bonds. The summed E-state index contributed by atoms with van der Waals surface area (Å²) >= 11 is 2.72. The molecule has 0 aliphatic heterocycles. The number of nitrogens with one attached hydrogen (secondary N) is 1. The third kappa shape index (κ3) is 4.57. The normalized spacial score (nSPS) is 10.9. The summed E-state index contributed by atoms with van der Waals surface area (Å²) in [6.07, 6.45) is 3.22. The molecule has 0 atom stereocenters. The first-order valence-corrected chi connectivity index (χ1v) is 11.8. The lowest BCUT2D eigenvalue weighted by atomic mass is 10.2. The number of carbonyl (C=O) groups is 1. The molecule has 33 heavy (non-hydrogen) atoms. The number of thioether (sulfide) groups is 1. The van der Waals surface area contributed by atoms with E-state index in [4.69, 9.17) is 4.74 Å². The van der Waals surface area contributed by atoms with Gasteiger partial charge in [0.05, 0.1) is 35.8 Å². The van der Waals surface area contributed by atoms with Crippen LogP contribution in [-0.4, -0.2) is 43.5 Å². The van der Waals surface area contributed by atoms with Crippen molar-refractivity contribution in [1.82, 2.24) is 24.7 Å². The first-order chi connectivity index (χ1) is 16.2. The van der Waals surface area contributed by atoms with Crippen molar-refractivity contribution in [2.24, 2.45) is 0 Å². The maximum absolute atomic E-state index is 12.5. The Balaban J connectivity index is 1.25. The van der Waals surface area contributed by atoms with Crippen LogP contribution < -0.4 is 10.1 Å². The van der Waals surface area contributed by atoms with E-state index in [2.05, 4.69) is 25.4 Å². The number of carbonyl (C=O) groups excluding carboxylic acids is 1. The van der Waals surface area contributed by atoms with Crippen LogP contribution in [0.15, 0.2) is 77.5 Å². The number of rotatable bonds is 7. The quantitative estimate of drug-likeness (QED) is 0.270. The summed E-state index contributed by atoms with van der Waals surface area (Å²) in [6.45, 7) is 0. The molecule has 5 aromatic rings. The first kappa shape index (κ1) is 21.1. The lowest BCUT2D eigenvalue weighted by molar-refractivity contribution is -0.113. The predicted octanol–water partition coefficient (Wildman–Crippen LogP) is 4.68. The van der Waals surface area contributed by atoms with Crippen LogP contribution in [0.3, 0.4) is 0 Å². The lowest BCUT2D eigenvalue weighted by Gasteiger charge is -2.04. The fourth-order valence-corrected chi connectivity index (χ4v) is 4.71. The molecule has 0 spiro atoms. The summed E-state index contributed by atoms with van der Waals surface area (Å²) in [5.41, 5.74) is 3.37. The second kappa shape index (κ2) is 9.39. The van der Waals surface area contributed by atoms with Gasteiger partial charge < -0.3 is 10.1 Å². The molecule has 164 valence electrons. The van der Waals surface area contributed by atoms with Crippen molar-refractivity contribution in [1.29, 1.82) is 0 Å². The van der Waals surface area contributed by atoms with Crippen LogP contribution in [0.4, 0.5) is 5.13 Å². The predicted molar refractivity (Wildman–Crippen MR) is 130 cm³/mol. The molecule has 0 saturated carbocycles. The van der Waals surface area contributed by atoms with Gasteiger partial charge in [-0.3, -0.25) is 4.79 Å². The van der Waals surface area contributed by atoms with Crippen molar-refractivity contribution in [3.8, 4) is 22.7 Å². The number of aromatic nitrogens is 5. The van der Waals surface area contributed by atoms with Crippen LogP contribution in [0.5, 0.6) is 5.75 Å². The minimum Gasteiger partial charge on any atom is -0.497 e. The monoisotopic (exact) mass is 474 g/mol. The number of hydrogen-bond donors (Lipinski definition) is 1. The number of nitrogens with zero attached hydrogens (tertiary/aromatic N) is 5. The molecule has 0 aliphatic carbocycles. The molecule has 10 heteroatoms. The number of methoxy groups -OCH3 is 1. The van der Waals surface area contributed by atoms with E-state index >= 15 is 0 Å². The van der Waals surface area contributed by atoms with Crippen molar-refractivity contribution in [2.45, 2.75) is 5.03 Å². The Morgan fingerprint density at radius 1 is 1.12 bits per heavy atom. The topological polar surface area (TPSA) is 94.8 Å². The Morgan fingerprint density at radius 2 is 1.94 bits per heavy atom. The van der Waals surface area contributed by atoms with Crippen molar-refractivity contribution in [3.05, 3.63) is 72.5 Å². The smallest absolute Gasteiger partial charge is 0.236 e. The summed E-state index contributed by atoms with van der Waals surface area (Å²) < 4.78 is 6.95. The van der Waals surface area contributed by atoms with E-state index in [-0.39, 0.29) is 11.7 Å². The Morgan fingerprint density at radius 3 is 2.73 bits per heavy atom. The molecule has 2 aromatic carbocycles. The average molecular weight is 475 g/mol.